The molecule has 0 saturated heterocycles. The highest BCUT2D eigenvalue weighted by atomic mass is 16.1. The van der Waals surface area contributed by atoms with Gasteiger partial charge in [0.2, 0.25) is 5.78 Å². The highest BCUT2D eigenvalue weighted by molar-refractivity contribution is 6.24. The molecule has 3 nitrogen and oxygen atoms in total. The van der Waals surface area contributed by atoms with E-state index in [9.17, 15) is 9.59 Å². The maximum atomic E-state index is 11.4. The van der Waals surface area contributed by atoms with Gasteiger partial charge in [-0.25, -0.2) is 0 Å². The van der Waals surface area contributed by atoms with Crippen LogP contribution in [0, 0.1) is 0 Å². The summed E-state index contributed by atoms with van der Waals surface area (Å²) in [6, 6.07) is 6.66. The Bertz CT molecular complexity index is 432. The minimum atomic E-state index is -0.268. The van der Waals surface area contributed by atoms with Crippen molar-refractivity contribution in [2.75, 3.05) is 0 Å². The molecule has 0 heterocycles. The molecule has 13 heavy (non-hydrogen) atoms. The van der Waals surface area contributed by atoms with E-state index >= 15 is 0 Å². The molecule has 1 aliphatic rings. The van der Waals surface area contributed by atoms with Gasteiger partial charge in [-0.2, -0.15) is 0 Å². The van der Waals surface area contributed by atoms with Gasteiger partial charge in [-0.3, -0.25) is 9.59 Å². The van der Waals surface area contributed by atoms with E-state index in [0.29, 0.717) is 11.1 Å². The second-order valence-electron chi connectivity index (χ2n) is 2.84. The molecule has 0 atom stereocenters. The van der Waals surface area contributed by atoms with Gasteiger partial charge in [0.05, 0.1) is 5.70 Å². The Hall–Kier alpha value is -1.90. The van der Waals surface area contributed by atoms with Crippen molar-refractivity contribution >= 4 is 11.6 Å². The van der Waals surface area contributed by atoms with Crippen LogP contribution in [0.2, 0.25) is 0 Å². The summed E-state index contributed by atoms with van der Waals surface area (Å²) in [5.74, 6) is -0.470. The van der Waals surface area contributed by atoms with Crippen molar-refractivity contribution in [3.8, 4) is 0 Å². The predicted molar refractivity (Wildman–Crippen MR) is 47.4 cm³/mol. The number of Topliss-reactive ketones (excluding diaryl/α,β-unsaturated/α-hetero) is 1. The van der Waals surface area contributed by atoms with Crippen LogP contribution < -0.4 is 5.73 Å². The van der Waals surface area contributed by atoms with Crippen molar-refractivity contribution in [3.63, 3.8) is 0 Å². The number of allylic oxidation sites excluding steroid dienone is 2. The van der Waals surface area contributed by atoms with E-state index in [2.05, 4.69) is 0 Å². The molecule has 0 aromatic heterocycles. The number of ketones is 2. The topological polar surface area (TPSA) is 60.2 Å². The lowest BCUT2D eigenvalue weighted by atomic mass is 9.93. The fourth-order valence-electron chi connectivity index (χ4n) is 1.34. The lowest BCUT2D eigenvalue weighted by Crippen LogP contribution is -2.21. The van der Waals surface area contributed by atoms with Crippen LogP contribution in [0.15, 0.2) is 36.0 Å². The summed E-state index contributed by atoms with van der Waals surface area (Å²) in [7, 11) is 0. The number of carbonyl (C=O) groups excluding carboxylic acids is 2. The first-order valence-electron chi connectivity index (χ1n) is 3.85. The lowest BCUT2D eigenvalue weighted by Gasteiger charge is -2.10. The molecule has 0 saturated carbocycles. The zero-order valence-electron chi connectivity index (χ0n) is 6.78. The smallest absolute Gasteiger partial charge is 0.209 e. The van der Waals surface area contributed by atoms with Crippen LogP contribution in [0.25, 0.3) is 0 Å². The van der Waals surface area contributed by atoms with Gasteiger partial charge in [0.25, 0.3) is 0 Å². The van der Waals surface area contributed by atoms with Crippen LogP contribution in [-0.2, 0) is 0 Å². The molecule has 0 radical (unpaired) electrons. The summed E-state index contributed by atoms with van der Waals surface area (Å²) < 4.78 is 0. The molecule has 3 heteroatoms. The molecule has 1 aromatic rings. The van der Waals surface area contributed by atoms with Crippen LogP contribution >= 0.6 is 0 Å². The summed E-state index contributed by atoms with van der Waals surface area (Å²) in [5.41, 5.74) is 6.22. The normalized spacial score (nSPS) is 15.2. The van der Waals surface area contributed by atoms with E-state index in [-0.39, 0.29) is 17.3 Å². The van der Waals surface area contributed by atoms with E-state index in [1.165, 1.54) is 6.08 Å². The Balaban J connectivity index is 2.69. The van der Waals surface area contributed by atoms with Crippen molar-refractivity contribution in [2.45, 2.75) is 0 Å². The number of nitrogens with two attached hydrogens (primary N) is 1. The van der Waals surface area contributed by atoms with Gasteiger partial charge >= 0.3 is 0 Å². The molecule has 0 spiro atoms. The zero-order chi connectivity index (χ0) is 9.42. The van der Waals surface area contributed by atoms with Crippen molar-refractivity contribution in [3.05, 3.63) is 47.2 Å². The maximum Gasteiger partial charge on any atom is 0.209 e. The van der Waals surface area contributed by atoms with Crippen LogP contribution in [0.3, 0.4) is 0 Å². The molecule has 0 fully saturated rings. The number of hydrogen-bond acceptors (Lipinski definition) is 3. The number of benzene rings is 1. The Morgan fingerprint density at radius 1 is 1.00 bits per heavy atom. The van der Waals surface area contributed by atoms with Gasteiger partial charge in [0, 0.05) is 17.2 Å². The van der Waals surface area contributed by atoms with Crippen LogP contribution in [0.1, 0.15) is 20.7 Å². The van der Waals surface area contributed by atoms with E-state index in [1.807, 2.05) is 0 Å². The molecule has 1 aromatic carbocycles. The average molecular weight is 173 g/mol. The Morgan fingerprint density at radius 3 is 2.31 bits per heavy atom. The van der Waals surface area contributed by atoms with Gasteiger partial charge in [0.15, 0.2) is 5.78 Å². The fraction of sp³-hybridized carbons (Fsp3) is 0. The van der Waals surface area contributed by atoms with Gasteiger partial charge in [0.1, 0.15) is 0 Å². The zero-order valence-corrected chi connectivity index (χ0v) is 6.78. The molecule has 0 aliphatic heterocycles. The summed E-state index contributed by atoms with van der Waals surface area (Å²) in [6.07, 6.45) is 1.17. The first-order valence-corrected chi connectivity index (χ1v) is 3.85. The molecule has 1 aliphatic carbocycles. The largest absolute Gasteiger partial charge is 0.395 e. The SMILES string of the molecule is NC1=CC(=O)c2ccccc2C1=O. The first-order chi connectivity index (χ1) is 6.20. The monoisotopic (exact) mass is 173 g/mol. The molecular weight excluding hydrogens is 166 g/mol. The average Bonchev–Trinajstić information content (AvgIpc) is 2.15. The number of rotatable bonds is 0. The van der Waals surface area contributed by atoms with Crippen molar-refractivity contribution in [1.82, 2.24) is 0 Å². The molecule has 0 bridgehead atoms. The molecule has 2 rings (SSSR count). The Kier molecular flexibility index (Phi) is 1.52. The highest BCUT2D eigenvalue weighted by Gasteiger charge is 2.22. The molecule has 0 amide bonds. The van der Waals surface area contributed by atoms with Crippen molar-refractivity contribution < 1.29 is 9.59 Å². The second-order valence-corrected chi connectivity index (χ2v) is 2.84. The molecule has 0 unspecified atom stereocenters. The van der Waals surface area contributed by atoms with E-state index in [1.54, 1.807) is 24.3 Å². The molecule has 64 valence electrons. The highest BCUT2D eigenvalue weighted by Crippen LogP contribution is 2.18. The molecular formula is C10H7NO2. The quantitative estimate of drug-likeness (QED) is 0.634. The second kappa shape index (κ2) is 2.55. The van der Waals surface area contributed by atoms with Crippen LogP contribution in [0.4, 0.5) is 0 Å². The summed E-state index contributed by atoms with van der Waals surface area (Å²) in [6.45, 7) is 0. The van der Waals surface area contributed by atoms with Crippen molar-refractivity contribution in [2.24, 2.45) is 5.73 Å². The van der Waals surface area contributed by atoms with Crippen LogP contribution in [-0.4, -0.2) is 11.6 Å². The summed E-state index contributed by atoms with van der Waals surface area (Å²) in [5, 5.41) is 0. The van der Waals surface area contributed by atoms with Crippen molar-refractivity contribution in [1.29, 1.82) is 0 Å². The third-order valence-corrected chi connectivity index (χ3v) is 1.99. The number of carbonyl (C=O) groups is 2. The lowest BCUT2D eigenvalue weighted by molar-refractivity contribution is 0.0983. The van der Waals surface area contributed by atoms with E-state index in [0.717, 1.165) is 0 Å². The minimum Gasteiger partial charge on any atom is -0.395 e. The standard InChI is InChI=1S/C10H7NO2/c11-8-5-9(12)6-3-1-2-4-7(6)10(8)13/h1-5H,11H2. The van der Waals surface area contributed by atoms with E-state index in [4.69, 9.17) is 5.73 Å². The van der Waals surface area contributed by atoms with Gasteiger partial charge in [-0.1, -0.05) is 24.3 Å². The maximum absolute atomic E-state index is 11.4. The summed E-state index contributed by atoms with van der Waals surface area (Å²) in [4.78, 5) is 22.7. The Labute approximate surface area is 74.9 Å². The Morgan fingerprint density at radius 2 is 1.62 bits per heavy atom. The summed E-state index contributed by atoms with van der Waals surface area (Å²) >= 11 is 0. The third-order valence-electron chi connectivity index (χ3n) is 1.99. The van der Waals surface area contributed by atoms with Gasteiger partial charge in [-0.05, 0) is 0 Å². The third kappa shape index (κ3) is 1.05. The van der Waals surface area contributed by atoms with Gasteiger partial charge < -0.3 is 5.73 Å². The first kappa shape index (κ1) is 7.73. The van der Waals surface area contributed by atoms with Crippen LogP contribution in [0.5, 0.6) is 0 Å². The van der Waals surface area contributed by atoms with E-state index < -0.39 is 0 Å². The molecule has 2 N–H and O–H groups in total. The van der Waals surface area contributed by atoms with Gasteiger partial charge in [-0.15, -0.1) is 0 Å². The number of hydrogen-bond donors (Lipinski definition) is 1. The fourth-order valence-corrected chi connectivity index (χ4v) is 1.34. The predicted octanol–water partition coefficient (Wildman–Crippen LogP) is 0.908. The minimum absolute atomic E-state index is 0.0173. The number of fused-ring (bicyclic) bond motifs is 1.